The van der Waals surface area contributed by atoms with Gasteiger partial charge in [-0.05, 0) is 42.6 Å². The maximum absolute atomic E-state index is 5.78. The first-order valence-electron chi connectivity index (χ1n) is 5.95. The lowest BCUT2D eigenvalue weighted by Gasteiger charge is -2.06. The zero-order valence-corrected chi connectivity index (χ0v) is 11.2. The third-order valence-electron chi connectivity index (χ3n) is 2.49. The molecule has 0 unspecified atom stereocenters. The lowest BCUT2D eigenvalue weighted by atomic mass is 10.1. The minimum Gasteiger partial charge on any atom is -0.439 e. The maximum Gasteiger partial charge on any atom is 0.225 e. The molecule has 1 aromatic heterocycles. The molecule has 18 heavy (non-hydrogen) atoms. The van der Waals surface area contributed by atoms with Gasteiger partial charge in [0, 0.05) is 11.8 Å². The van der Waals surface area contributed by atoms with Crippen LogP contribution >= 0.6 is 11.6 Å². The van der Waals surface area contributed by atoms with Gasteiger partial charge in [0.2, 0.25) is 11.2 Å². The smallest absolute Gasteiger partial charge is 0.225 e. The average Bonchev–Trinajstić information content (AvgIpc) is 2.31. The third kappa shape index (κ3) is 3.44. The van der Waals surface area contributed by atoms with E-state index in [0.29, 0.717) is 5.88 Å². The van der Waals surface area contributed by atoms with Crippen LogP contribution in [0.2, 0.25) is 5.28 Å². The Morgan fingerprint density at radius 3 is 2.50 bits per heavy atom. The van der Waals surface area contributed by atoms with Crippen molar-refractivity contribution in [1.29, 1.82) is 0 Å². The number of aromatic nitrogens is 2. The molecule has 4 heteroatoms. The fourth-order valence-electron chi connectivity index (χ4n) is 1.69. The standard InChI is InChI=1S/C14H15ClN2O/c1-3-4-11-5-7-12(8-6-11)18-13-9-10(2)16-14(15)17-13/h5-9H,3-4H2,1-2H3. The van der Waals surface area contributed by atoms with Crippen molar-refractivity contribution in [1.82, 2.24) is 9.97 Å². The lowest BCUT2D eigenvalue weighted by molar-refractivity contribution is 0.460. The third-order valence-corrected chi connectivity index (χ3v) is 2.66. The van der Waals surface area contributed by atoms with E-state index in [0.717, 1.165) is 24.3 Å². The zero-order valence-electron chi connectivity index (χ0n) is 10.5. The predicted molar refractivity (Wildman–Crippen MR) is 72.3 cm³/mol. The van der Waals surface area contributed by atoms with E-state index in [4.69, 9.17) is 16.3 Å². The summed E-state index contributed by atoms with van der Waals surface area (Å²) in [4.78, 5) is 8.01. The Labute approximate surface area is 112 Å². The molecule has 0 saturated heterocycles. The van der Waals surface area contributed by atoms with Crippen LogP contribution in [0.4, 0.5) is 0 Å². The van der Waals surface area contributed by atoms with Crippen molar-refractivity contribution in [3.63, 3.8) is 0 Å². The highest BCUT2D eigenvalue weighted by Crippen LogP contribution is 2.21. The second kappa shape index (κ2) is 5.83. The van der Waals surface area contributed by atoms with E-state index in [9.17, 15) is 0 Å². The summed E-state index contributed by atoms with van der Waals surface area (Å²) in [7, 11) is 0. The molecule has 2 rings (SSSR count). The monoisotopic (exact) mass is 262 g/mol. The van der Waals surface area contributed by atoms with Crippen molar-refractivity contribution in [2.45, 2.75) is 26.7 Å². The summed E-state index contributed by atoms with van der Waals surface area (Å²) < 4.78 is 5.64. The molecule has 2 aromatic rings. The van der Waals surface area contributed by atoms with Gasteiger partial charge in [0.15, 0.2) is 0 Å². The summed E-state index contributed by atoms with van der Waals surface area (Å²) in [5.74, 6) is 1.22. The number of nitrogens with zero attached hydrogens (tertiary/aromatic N) is 2. The van der Waals surface area contributed by atoms with Crippen LogP contribution in [-0.4, -0.2) is 9.97 Å². The topological polar surface area (TPSA) is 35.0 Å². The normalized spacial score (nSPS) is 10.4. The molecule has 1 heterocycles. The summed E-state index contributed by atoms with van der Waals surface area (Å²) in [6, 6.07) is 9.77. The molecular formula is C14H15ClN2O. The van der Waals surface area contributed by atoms with E-state index >= 15 is 0 Å². The molecule has 0 atom stereocenters. The molecule has 0 bridgehead atoms. The number of benzene rings is 1. The van der Waals surface area contributed by atoms with Crippen LogP contribution in [0, 0.1) is 6.92 Å². The first-order valence-corrected chi connectivity index (χ1v) is 6.33. The van der Waals surface area contributed by atoms with Crippen molar-refractivity contribution in [3.8, 4) is 11.6 Å². The van der Waals surface area contributed by atoms with E-state index in [2.05, 4.69) is 29.0 Å². The number of aryl methyl sites for hydroxylation is 2. The van der Waals surface area contributed by atoms with Crippen LogP contribution in [0.1, 0.15) is 24.6 Å². The summed E-state index contributed by atoms with van der Waals surface area (Å²) >= 11 is 5.78. The summed E-state index contributed by atoms with van der Waals surface area (Å²) in [6.07, 6.45) is 2.22. The van der Waals surface area contributed by atoms with Crippen LogP contribution in [-0.2, 0) is 6.42 Å². The molecular weight excluding hydrogens is 248 g/mol. The minimum absolute atomic E-state index is 0.201. The van der Waals surface area contributed by atoms with Crippen molar-refractivity contribution in [2.75, 3.05) is 0 Å². The molecule has 0 fully saturated rings. The van der Waals surface area contributed by atoms with E-state index in [1.165, 1.54) is 5.56 Å². The number of rotatable bonds is 4. The van der Waals surface area contributed by atoms with E-state index in [1.54, 1.807) is 6.07 Å². The highest BCUT2D eigenvalue weighted by molar-refractivity contribution is 6.28. The van der Waals surface area contributed by atoms with Gasteiger partial charge in [0.1, 0.15) is 5.75 Å². The van der Waals surface area contributed by atoms with Gasteiger partial charge in [0.05, 0.1) is 0 Å². The second-order valence-electron chi connectivity index (χ2n) is 4.11. The Morgan fingerprint density at radius 2 is 1.89 bits per heavy atom. The van der Waals surface area contributed by atoms with Crippen molar-refractivity contribution < 1.29 is 4.74 Å². The van der Waals surface area contributed by atoms with Crippen LogP contribution in [0.15, 0.2) is 30.3 Å². The highest BCUT2D eigenvalue weighted by Gasteiger charge is 2.02. The Balaban J connectivity index is 2.13. The van der Waals surface area contributed by atoms with Gasteiger partial charge in [-0.2, -0.15) is 4.98 Å². The molecule has 0 aliphatic rings. The highest BCUT2D eigenvalue weighted by atomic mass is 35.5. The molecule has 3 nitrogen and oxygen atoms in total. The molecule has 0 spiro atoms. The molecule has 0 N–H and O–H groups in total. The number of ether oxygens (including phenoxy) is 1. The molecule has 0 aliphatic heterocycles. The minimum atomic E-state index is 0.201. The van der Waals surface area contributed by atoms with Crippen molar-refractivity contribution in [3.05, 3.63) is 46.9 Å². The van der Waals surface area contributed by atoms with Crippen LogP contribution in [0.5, 0.6) is 11.6 Å². The van der Waals surface area contributed by atoms with E-state index < -0.39 is 0 Å². The maximum atomic E-state index is 5.78. The summed E-state index contributed by atoms with van der Waals surface area (Å²) in [5.41, 5.74) is 2.09. The largest absolute Gasteiger partial charge is 0.439 e. The van der Waals surface area contributed by atoms with Gasteiger partial charge in [-0.25, -0.2) is 4.98 Å². The van der Waals surface area contributed by atoms with E-state index in [1.807, 2.05) is 19.1 Å². The van der Waals surface area contributed by atoms with Crippen molar-refractivity contribution in [2.24, 2.45) is 0 Å². The van der Waals surface area contributed by atoms with Gasteiger partial charge in [0.25, 0.3) is 0 Å². The Hall–Kier alpha value is -1.61. The van der Waals surface area contributed by atoms with Gasteiger partial charge < -0.3 is 4.74 Å². The Bertz CT molecular complexity index is 506. The lowest BCUT2D eigenvalue weighted by Crippen LogP contribution is -1.92. The fraction of sp³-hybridized carbons (Fsp3) is 0.286. The van der Waals surface area contributed by atoms with Crippen LogP contribution in [0.25, 0.3) is 0 Å². The van der Waals surface area contributed by atoms with E-state index in [-0.39, 0.29) is 5.28 Å². The van der Waals surface area contributed by atoms with Crippen LogP contribution < -0.4 is 4.74 Å². The van der Waals surface area contributed by atoms with Gasteiger partial charge in [-0.15, -0.1) is 0 Å². The first-order chi connectivity index (χ1) is 8.67. The molecule has 0 aliphatic carbocycles. The second-order valence-corrected chi connectivity index (χ2v) is 4.45. The quantitative estimate of drug-likeness (QED) is 0.775. The fourth-order valence-corrected chi connectivity index (χ4v) is 1.91. The Morgan fingerprint density at radius 1 is 1.17 bits per heavy atom. The first kappa shape index (κ1) is 12.8. The molecule has 0 radical (unpaired) electrons. The van der Waals surface area contributed by atoms with Crippen LogP contribution in [0.3, 0.4) is 0 Å². The van der Waals surface area contributed by atoms with Gasteiger partial charge in [-0.3, -0.25) is 0 Å². The molecule has 0 saturated carbocycles. The number of hydrogen-bond donors (Lipinski definition) is 0. The van der Waals surface area contributed by atoms with Gasteiger partial charge >= 0.3 is 0 Å². The number of halogens is 1. The summed E-state index contributed by atoms with van der Waals surface area (Å²) in [6.45, 7) is 4.01. The van der Waals surface area contributed by atoms with Crippen molar-refractivity contribution >= 4 is 11.6 Å². The van der Waals surface area contributed by atoms with Gasteiger partial charge in [-0.1, -0.05) is 25.5 Å². The Kier molecular flexibility index (Phi) is 4.15. The predicted octanol–water partition coefficient (Wildman–Crippen LogP) is 4.18. The summed E-state index contributed by atoms with van der Waals surface area (Å²) in [5, 5.41) is 0.201. The molecule has 94 valence electrons. The molecule has 1 aromatic carbocycles. The molecule has 0 amide bonds. The number of hydrogen-bond acceptors (Lipinski definition) is 3. The zero-order chi connectivity index (χ0) is 13.0. The SMILES string of the molecule is CCCc1ccc(Oc2cc(C)nc(Cl)n2)cc1. The average molecular weight is 263 g/mol.